The first-order chi connectivity index (χ1) is 7.39. The van der Waals surface area contributed by atoms with Gasteiger partial charge in [0.05, 0.1) is 11.7 Å². The van der Waals surface area contributed by atoms with Crippen molar-refractivity contribution in [1.29, 1.82) is 0 Å². The molecule has 1 aliphatic heterocycles. The molecule has 3 nitrogen and oxygen atoms in total. The second-order valence-corrected chi connectivity index (χ2v) is 6.97. The van der Waals surface area contributed by atoms with Crippen molar-refractivity contribution in [2.24, 2.45) is 0 Å². The molecule has 16 heavy (non-hydrogen) atoms. The maximum absolute atomic E-state index is 11.0. The van der Waals surface area contributed by atoms with Crippen LogP contribution in [0.15, 0.2) is 0 Å². The smallest absolute Gasteiger partial charge is 0.0707 e. The van der Waals surface area contributed by atoms with Crippen molar-refractivity contribution < 1.29 is 8.95 Å². The summed E-state index contributed by atoms with van der Waals surface area (Å²) in [6, 6.07) is 0.427. The molecule has 0 saturated carbocycles. The molecule has 3 unspecified atom stereocenters. The van der Waals surface area contributed by atoms with E-state index in [1.54, 1.807) is 6.26 Å². The van der Waals surface area contributed by atoms with E-state index < -0.39 is 10.8 Å². The summed E-state index contributed by atoms with van der Waals surface area (Å²) in [5.41, 5.74) is 0.0561. The second-order valence-electron chi connectivity index (χ2n) is 5.41. The minimum absolute atomic E-state index is 0.0561. The largest absolute Gasteiger partial charge is 0.371 e. The van der Waals surface area contributed by atoms with Crippen LogP contribution in [0.1, 0.15) is 40.0 Å². The van der Waals surface area contributed by atoms with E-state index in [0.29, 0.717) is 12.1 Å². The highest BCUT2D eigenvalue weighted by molar-refractivity contribution is 7.84. The summed E-state index contributed by atoms with van der Waals surface area (Å²) in [5, 5.41) is 3.46. The fourth-order valence-corrected chi connectivity index (χ4v) is 2.68. The molecule has 1 N–H and O–H groups in total. The average molecular weight is 247 g/mol. The van der Waals surface area contributed by atoms with Crippen LogP contribution < -0.4 is 5.32 Å². The maximum atomic E-state index is 11.0. The van der Waals surface area contributed by atoms with E-state index in [1.165, 1.54) is 0 Å². The Morgan fingerprint density at radius 1 is 1.56 bits per heavy atom. The fraction of sp³-hybridized carbons (Fsp3) is 1.00. The van der Waals surface area contributed by atoms with Crippen molar-refractivity contribution in [1.82, 2.24) is 5.32 Å². The second kappa shape index (κ2) is 6.12. The van der Waals surface area contributed by atoms with E-state index in [0.717, 1.165) is 31.6 Å². The first-order valence-electron chi connectivity index (χ1n) is 6.10. The monoisotopic (exact) mass is 247 g/mol. The third-order valence-electron chi connectivity index (χ3n) is 3.09. The number of nitrogens with one attached hydrogen (secondary N) is 1. The summed E-state index contributed by atoms with van der Waals surface area (Å²) in [6.45, 7) is 7.36. The molecular weight excluding hydrogens is 222 g/mol. The molecule has 1 saturated heterocycles. The standard InChI is InChI=1S/C12H25NO2S/c1-10(6-8-16(4)14)13-9-11-5-7-12(2,3)15-11/h10-11,13H,5-9H2,1-4H3. The summed E-state index contributed by atoms with van der Waals surface area (Å²) in [5.74, 6) is 0.783. The van der Waals surface area contributed by atoms with E-state index >= 15 is 0 Å². The lowest BCUT2D eigenvalue weighted by atomic mass is 10.1. The summed E-state index contributed by atoms with van der Waals surface area (Å²) in [7, 11) is -0.675. The van der Waals surface area contributed by atoms with Crippen LogP contribution in [0.5, 0.6) is 0 Å². The van der Waals surface area contributed by atoms with Crippen molar-refractivity contribution in [2.75, 3.05) is 18.6 Å². The van der Waals surface area contributed by atoms with E-state index in [9.17, 15) is 4.21 Å². The Morgan fingerprint density at radius 3 is 2.75 bits per heavy atom. The van der Waals surface area contributed by atoms with Crippen LogP contribution in [0.4, 0.5) is 0 Å². The maximum Gasteiger partial charge on any atom is 0.0707 e. The van der Waals surface area contributed by atoms with Crippen molar-refractivity contribution in [3.8, 4) is 0 Å². The van der Waals surface area contributed by atoms with Gasteiger partial charge in [-0.25, -0.2) is 0 Å². The van der Waals surface area contributed by atoms with E-state index in [1.807, 2.05) is 0 Å². The number of hydrogen-bond acceptors (Lipinski definition) is 3. The topological polar surface area (TPSA) is 38.3 Å². The molecular formula is C12H25NO2S. The van der Waals surface area contributed by atoms with Gasteiger partial charge in [0.2, 0.25) is 0 Å². The molecule has 3 atom stereocenters. The highest BCUT2D eigenvalue weighted by Crippen LogP contribution is 2.28. The van der Waals surface area contributed by atoms with Gasteiger partial charge < -0.3 is 10.1 Å². The van der Waals surface area contributed by atoms with Crippen molar-refractivity contribution >= 4 is 10.8 Å². The van der Waals surface area contributed by atoms with E-state index in [2.05, 4.69) is 26.1 Å². The lowest BCUT2D eigenvalue weighted by Gasteiger charge is -2.21. The Hall–Kier alpha value is 0.0700. The number of rotatable bonds is 6. The van der Waals surface area contributed by atoms with Gasteiger partial charge in [0.25, 0.3) is 0 Å². The molecule has 0 aromatic rings. The Balaban J connectivity index is 2.13. The third kappa shape index (κ3) is 5.41. The summed E-state index contributed by atoms with van der Waals surface area (Å²) >= 11 is 0. The molecule has 0 bridgehead atoms. The summed E-state index contributed by atoms with van der Waals surface area (Å²) in [4.78, 5) is 0. The van der Waals surface area contributed by atoms with Crippen molar-refractivity contribution in [3.63, 3.8) is 0 Å². The minimum atomic E-state index is -0.675. The average Bonchev–Trinajstić information content (AvgIpc) is 2.52. The van der Waals surface area contributed by atoms with Gasteiger partial charge in [-0.3, -0.25) is 4.21 Å². The Morgan fingerprint density at radius 2 is 2.25 bits per heavy atom. The molecule has 4 heteroatoms. The predicted octanol–water partition coefficient (Wildman–Crippen LogP) is 1.69. The SMILES string of the molecule is CC(CCS(C)=O)NCC1CCC(C)(C)O1. The lowest BCUT2D eigenvalue weighted by molar-refractivity contribution is -0.0150. The van der Waals surface area contributed by atoms with Crippen molar-refractivity contribution in [3.05, 3.63) is 0 Å². The lowest BCUT2D eigenvalue weighted by Crippen LogP contribution is -2.35. The molecule has 0 aromatic carbocycles. The zero-order valence-electron chi connectivity index (χ0n) is 10.9. The molecule has 0 aliphatic carbocycles. The molecule has 0 spiro atoms. The minimum Gasteiger partial charge on any atom is -0.371 e. The summed E-state index contributed by atoms with van der Waals surface area (Å²) < 4.78 is 16.9. The Labute approximate surface area is 102 Å². The van der Waals surface area contributed by atoms with Gasteiger partial charge in [-0.15, -0.1) is 0 Å². The van der Waals surface area contributed by atoms with Gasteiger partial charge >= 0.3 is 0 Å². The summed E-state index contributed by atoms with van der Waals surface area (Å²) in [6.07, 6.45) is 5.37. The normalized spacial score (nSPS) is 27.9. The van der Waals surface area contributed by atoms with Gasteiger partial charge in [0, 0.05) is 35.4 Å². The van der Waals surface area contributed by atoms with Crippen LogP contribution in [-0.4, -0.2) is 40.5 Å². The van der Waals surface area contributed by atoms with Gasteiger partial charge in [-0.05, 0) is 40.0 Å². The Kier molecular flexibility index (Phi) is 5.41. The number of hydrogen-bond donors (Lipinski definition) is 1. The zero-order chi connectivity index (χ0) is 12.2. The van der Waals surface area contributed by atoms with Gasteiger partial charge in [-0.1, -0.05) is 0 Å². The predicted molar refractivity (Wildman–Crippen MR) is 69.2 cm³/mol. The highest BCUT2D eigenvalue weighted by Gasteiger charge is 2.31. The van der Waals surface area contributed by atoms with Gasteiger partial charge in [0.1, 0.15) is 0 Å². The molecule has 0 radical (unpaired) electrons. The van der Waals surface area contributed by atoms with Crippen LogP contribution >= 0.6 is 0 Å². The number of ether oxygens (including phenoxy) is 1. The zero-order valence-corrected chi connectivity index (χ0v) is 11.7. The van der Waals surface area contributed by atoms with Crippen LogP contribution in [0.2, 0.25) is 0 Å². The Bertz CT molecular complexity index is 243. The molecule has 96 valence electrons. The van der Waals surface area contributed by atoms with Crippen LogP contribution in [-0.2, 0) is 15.5 Å². The molecule has 1 rings (SSSR count). The molecule has 0 amide bonds. The molecule has 1 fully saturated rings. The first kappa shape index (κ1) is 14.1. The first-order valence-corrected chi connectivity index (χ1v) is 7.83. The fourth-order valence-electron chi connectivity index (χ4n) is 2.00. The molecule has 1 aliphatic rings. The van der Waals surface area contributed by atoms with E-state index in [4.69, 9.17) is 4.74 Å². The quantitative estimate of drug-likeness (QED) is 0.776. The van der Waals surface area contributed by atoms with Crippen molar-refractivity contribution in [2.45, 2.75) is 57.8 Å². The highest BCUT2D eigenvalue weighted by atomic mass is 32.2. The van der Waals surface area contributed by atoms with E-state index in [-0.39, 0.29) is 5.60 Å². The van der Waals surface area contributed by atoms with Crippen LogP contribution in [0, 0.1) is 0 Å². The molecule has 1 heterocycles. The van der Waals surface area contributed by atoms with Gasteiger partial charge in [-0.2, -0.15) is 0 Å². The molecule has 0 aromatic heterocycles. The van der Waals surface area contributed by atoms with Gasteiger partial charge in [0.15, 0.2) is 0 Å². The van der Waals surface area contributed by atoms with Crippen LogP contribution in [0.25, 0.3) is 0 Å². The van der Waals surface area contributed by atoms with Crippen LogP contribution in [0.3, 0.4) is 0 Å². The third-order valence-corrected chi connectivity index (χ3v) is 3.90.